The van der Waals surface area contributed by atoms with E-state index in [9.17, 15) is 18.0 Å². The molecule has 1 fully saturated rings. The fraction of sp³-hybridized carbons (Fsp3) is 0.316. The van der Waals surface area contributed by atoms with Crippen molar-refractivity contribution in [2.45, 2.75) is 18.9 Å². The fourth-order valence-electron chi connectivity index (χ4n) is 2.88. The van der Waals surface area contributed by atoms with Gasteiger partial charge in [-0.25, -0.2) is 13.2 Å². The Hall–Kier alpha value is -2.70. The average molecular weight is 365 g/mol. The van der Waals surface area contributed by atoms with E-state index in [4.69, 9.17) is 9.47 Å². The summed E-state index contributed by atoms with van der Waals surface area (Å²) in [4.78, 5) is 13.8. The molecule has 0 aliphatic carbocycles. The Balaban J connectivity index is 1.59. The van der Waals surface area contributed by atoms with E-state index in [0.717, 1.165) is 17.9 Å². The molecule has 3 rings (SSSR count). The van der Waals surface area contributed by atoms with Crippen LogP contribution >= 0.6 is 0 Å². The van der Waals surface area contributed by atoms with Crippen LogP contribution < -0.4 is 9.47 Å². The second kappa shape index (κ2) is 7.68. The van der Waals surface area contributed by atoms with Gasteiger partial charge in [0, 0.05) is 25.9 Å². The van der Waals surface area contributed by atoms with Gasteiger partial charge in [0.2, 0.25) is 0 Å². The second-order valence-corrected chi connectivity index (χ2v) is 6.01. The minimum atomic E-state index is -1.63. The fourth-order valence-corrected chi connectivity index (χ4v) is 2.88. The van der Waals surface area contributed by atoms with Crippen LogP contribution in [0.4, 0.5) is 13.2 Å². The van der Waals surface area contributed by atoms with E-state index in [1.54, 1.807) is 31.4 Å². The van der Waals surface area contributed by atoms with Gasteiger partial charge in [0.15, 0.2) is 17.5 Å². The molecule has 0 saturated carbocycles. The average Bonchev–Trinajstić information content (AvgIpc) is 2.67. The third-order valence-corrected chi connectivity index (χ3v) is 4.36. The molecule has 0 bridgehead atoms. The van der Waals surface area contributed by atoms with Crippen LogP contribution in [0.15, 0.2) is 36.4 Å². The molecule has 4 nitrogen and oxygen atoms in total. The molecule has 26 heavy (non-hydrogen) atoms. The monoisotopic (exact) mass is 365 g/mol. The van der Waals surface area contributed by atoms with Crippen molar-refractivity contribution < 1.29 is 27.4 Å². The van der Waals surface area contributed by atoms with Gasteiger partial charge in [-0.3, -0.25) is 4.79 Å². The van der Waals surface area contributed by atoms with Crippen LogP contribution in [0.5, 0.6) is 11.5 Å². The number of halogens is 3. The Kier molecular flexibility index (Phi) is 5.35. The number of likely N-dealkylation sites (tertiary alicyclic amines) is 1. The Morgan fingerprint density at radius 3 is 2.19 bits per heavy atom. The smallest absolute Gasteiger partial charge is 0.256 e. The lowest BCUT2D eigenvalue weighted by Crippen LogP contribution is -2.42. The molecule has 7 heteroatoms. The number of ether oxygens (including phenoxy) is 2. The van der Waals surface area contributed by atoms with E-state index in [0.29, 0.717) is 31.7 Å². The largest absolute Gasteiger partial charge is 0.497 e. The normalized spacial score (nSPS) is 15.0. The number of benzene rings is 2. The molecule has 1 aliphatic rings. The van der Waals surface area contributed by atoms with Crippen LogP contribution in [0.25, 0.3) is 0 Å². The van der Waals surface area contributed by atoms with Gasteiger partial charge in [-0.1, -0.05) is 0 Å². The third kappa shape index (κ3) is 3.76. The van der Waals surface area contributed by atoms with Gasteiger partial charge in [0.1, 0.15) is 17.6 Å². The summed E-state index contributed by atoms with van der Waals surface area (Å²) in [5.41, 5.74) is -0.460. The van der Waals surface area contributed by atoms with Crippen LogP contribution in [-0.2, 0) is 0 Å². The first-order valence-corrected chi connectivity index (χ1v) is 8.23. The summed E-state index contributed by atoms with van der Waals surface area (Å²) in [5.74, 6) is -3.62. The summed E-state index contributed by atoms with van der Waals surface area (Å²) in [5, 5.41) is 0. The molecule has 1 amide bonds. The maximum atomic E-state index is 13.8. The summed E-state index contributed by atoms with van der Waals surface area (Å²) < 4.78 is 51.1. The SMILES string of the molecule is COc1ccc(OC2CCN(C(=O)c3ccc(F)c(F)c3F)CC2)cc1. The highest BCUT2D eigenvalue weighted by molar-refractivity contribution is 5.94. The van der Waals surface area contributed by atoms with Crippen LogP contribution in [0, 0.1) is 17.5 Å². The maximum Gasteiger partial charge on any atom is 0.256 e. The maximum absolute atomic E-state index is 13.8. The predicted molar refractivity (Wildman–Crippen MR) is 88.9 cm³/mol. The van der Waals surface area contributed by atoms with Gasteiger partial charge >= 0.3 is 0 Å². The van der Waals surface area contributed by atoms with Crippen LogP contribution in [0.3, 0.4) is 0 Å². The lowest BCUT2D eigenvalue weighted by Gasteiger charge is -2.32. The van der Waals surface area contributed by atoms with E-state index in [2.05, 4.69) is 0 Å². The van der Waals surface area contributed by atoms with Crippen molar-refractivity contribution in [1.82, 2.24) is 4.90 Å². The second-order valence-electron chi connectivity index (χ2n) is 6.01. The molecule has 1 saturated heterocycles. The first-order valence-electron chi connectivity index (χ1n) is 8.23. The van der Waals surface area contributed by atoms with E-state index >= 15 is 0 Å². The molecule has 1 aliphatic heterocycles. The van der Waals surface area contributed by atoms with E-state index < -0.39 is 28.9 Å². The zero-order chi connectivity index (χ0) is 18.7. The summed E-state index contributed by atoms with van der Waals surface area (Å²) in [6.45, 7) is 0.691. The minimum absolute atomic E-state index is 0.0813. The number of nitrogens with zero attached hydrogens (tertiary/aromatic N) is 1. The summed E-state index contributed by atoms with van der Waals surface area (Å²) in [6, 6.07) is 8.90. The Bertz CT molecular complexity index is 787. The van der Waals surface area contributed by atoms with Crippen LogP contribution in [0.2, 0.25) is 0 Å². The third-order valence-electron chi connectivity index (χ3n) is 4.36. The molecule has 0 aromatic heterocycles. The van der Waals surface area contributed by atoms with Crippen molar-refractivity contribution in [3.63, 3.8) is 0 Å². The molecular weight excluding hydrogens is 347 g/mol. The van der Waals surface area contributed by atoms with E-state index in [1.165, 1.54) is 4.90 Å². The first-order chi connectivity index (χ1) is 12.5. The molecule has 0 unspecified atom stereocenters. The molecule has 0 N–H and O–H groups in total. The number of piperidine rings is 1. The summed E-state index contributed by atoms with van der Waals surface area (Å²) >= 11 is 0. The number of carbonyl (C=O) groups excluding carboxylic acids is 1. The van der Waals surface area contributed by atoms with Crippen molar-refractivity contribution in [2.75, 3.05) is 20.2 Å². The zero-order valence-corrected chi connectivity index (χ0v) is 14.2. The molecule has 2 aromatic carbocycles. The van der Waals surface area contributed by atoms with Crippen LogP contribution in [0.1, 0.15) is 23.2 Å². The van der Waals surface area contributed by atoms with Gasteiger partial charge in [0.25, 0.3) is 5.91 Å². The lowest BCUT2D eigenvalue weighted by atomic mass is 10.1. The number of methoxy groups -OCH3 is 1. The van der Waals surface area contributed by atoms with Gasteiger partial charge in [-0.15, -0.1) is 0 Å². The molecule has 2 aromatic rings. The lowest BCUT2D eigenvalue weighted by molar-refractivity contribution is 0.0590. The van der Waals surface area contributed by atoms with Crippen molar-refractivity contribution in [2.24, 2.45) is 0 Å². The highest BCUT2D eigenvalue weighted by Gasteiger charge is 2.28. The zero-order valence-electron chi connectivity index (χ0n) is 14.2. The van der Waals surface area contributed by atoms with Crippen molar-refractivity contribution in [3.05, 3.63) is 59.4 Å². The standard InChI is InChI=1S/C19H18F3NO3/c1-25-12-2-4-13(5-3-12)26-14-8-10-23(11-9-14)19(24)15-6-7-16(20)18(22)17(15)21/h2-7,14H,8-11H2,1H3. The first kappa shape index (κ1) is 18.1. The number of rotatable bonds is 4. The van der Waals surface area contributed by atoms with Crippen molar-refractivity contribution >= 4 is 5.91 Å². The Labute approximate surface area is 149 Å². The Morgan fingerprint density at radius 2 is 1.58 bits per heavy atom. The molecule has 1 heterocycles. The van der Waals surface area contributed by atoms with Gasteiger partial charge in [0.05, 0.1) is 12.7 Å². The molecular formula is C19H18F3NO3. The quantitative estimate of drug-likeness (QED) is 0.774. The molecule has 0 atom stereocenters. The van der Waals surface area contributed by atoms with E-state index in [1.807, 2.05) is 0 Å². The molecule has 138 valence electrons. The Morgan fingerprint density at radius 1 is 0.962 bits per heavy atom. The number of carbonyl (C=O) groups is 1. The molecule has 0 spiro atoms. The van der Waals surface area contributed by atoms with Crippen molar-refractivity contribution in [3.8, 4) is 11.5 Å². The highest BCUT2D eigenvalue weighted by atomic mass is 19.2. The van der Waals surface area contributed by atoms with Gasteiger partial charge in [-0.2, -0.15) is 0 Å². The topological polar surface area (TPSA) is 38.8 Å². The van der Waals surface area contributed by atoms with Gasteiger partial charge in [-0.05, 0) is 36.4 Å². The molecule has 0 radical (unpaired) electrons. The summed E-state index contributed by atoms with van der Waals surface area (Å²) in [7, 11) is 1.58. The van der Waals surface area contributed by atoms with Crippen LogP contribution in [-0.4, -0.2) is 37.1 Å². The van der Waals surface area contributed by atoms with Crippen molar-refractivity contribution in [1.29, 1.82) is 0 Å². The minimum Gasteiger partial charge on any atom is -0.497 e. The number of hydrogen-bond acceptors (Lipinski definition) is 3. The van der Waals surface area contributed by atoms with E-state index in [-0.39, 0.29) is 6.10 Å². The van der Waals surface area contributed by atoms with Gasteiger partial charge < -0.3 is 14.4 Å². The highest BCUT2D eigenvalue weighted by Crippen LogP contribution is 2.23. The number of hydrogen-bond donors (Lipinski definition) is 0. The summed E-state index contributed by atoms with van der Waals surface area (Å²) in [6.07, 6.45) is 1.04. The number of amides is 1. The predicted octanol–water partition coefficient (Wildman–Crippen LogP) is 3.80.